The van der Waals surface area contributed by atoms with Gasteiger partial charge in [0.2, 0.25) is 0 Å². The Balaban J connectivity index is 2.03. The van der Waals surface area contributed by atoms with E-state index in [1.165, 1.54) is 0 Å². The summed E-state index contributed by atoms with van der Waals surface area (Å²) in [5.74, 6) is 1.60. The number of aromatic nitrogens is 2. The highest BCUT2D eigenvalue weighted by molar-refractivity contribution is 9.10. The molecule has 0 amide bonds. The summed E-state index contributed by atoms with van der Waals surface area (Å²) < 4.78 is 6.77. The number of anilines is 1. The minimum Gasteiger partial charge on any atom is -0.489 e. The van der Waals surface area contributed by atoms with E-state index in [1.54, 1.807) is 6.33 Å². The molecule has 1 fully saturated rings. The highest BCUT2D eigenvalue weighted by Crippen LogP contribution is 2.43. The van der Waals surface area contributed by atoms with Crippen LogP contribution in [-0.4, -0.2) is 42.3 Å². The molecule has 4 rings (SSSR count). The third kappa shape index (κ3) is 1.78. The monoisotopic (exact) mass is 354 g/mol. The van der Waals surface area contributed by atoms with Crippen LogP contribution in [0, 0.1) is 0 Å². The fourth-order valence-corrected chi connectivity index (χ4v) is 3.44. The number of rotatable bonds is 0. The van der Waals surface area contributed by atoms with Crippen LogP contribution in [0.25, 0.3) is 10.9 Å². The third-order valence-corrected chi connectivity index (χ3v) is 5.03. The van der Waals surface area contributed by atoms with Gasteiger partial charge in [0.1, 0.15) is 18.8 Å². The molecule has 1 N–H and O–H groups in total. The highest BCUT2D eigenvalue weighted by atomic mass is 79.9. The van der Waals surface area contributed by atoms with Crippen molar-refractivity contribution in [2.75, 3.05) is 31.1 Å². The first-order chi connectivity index (χ1) is 9.75. The predicted octanol–water partition coefficient (Wildman–Crippen LogP) is 2.22. The quantitative estimate of drug-likeness (QED) is 0.785. The second kappa shape index (κ2) is 4.72. The van der Waals surface area contributed by atoms with E-state index in [4.69, 9.17) is 16.3 Å². The minimum atomic E-state index is 0.268. The third-order valence-electron chi connectivity index (χ3n) is 3.80. The first-order valence-corrected chi connectivity index (χ1v) is 7.65. The molecule has 3 heterocycles. The maximum Gasteiger partial charge on any atom is 0.152 e. The normalized spacial score (nSPS) is 21.3. The first-order valence-electron chi connectivity index (χ1n) is 6.48. The van der Waals surface area contributed by atoms with E-state index < -0.39 is 0 Å². The van der Waals surface area contributed by atoms with Crippen molar-refractivity contribution in [2.45, 2.75) is 6.04 Å². The topological polar surface area (TPSA) is 50.3 Å². The number of nitrogens with zero attached hydrogens (tertiary/aromatic N) is 3. The fraction of sp³-hybridized carbons (Fsp3) is 0.385. The van der Waals surface area contributed by atoms with E-state index in [1.807, 2.05) is 6.07 Å². The molecule has 0 unspecified atom stereocenters. The van der Waals surface area contributed by atoms with Crippen LogP contribution < -0.4 is 15.0 Å². The van der Waals surface area contributed by atoms with Crippen LogP contribution in [0.2, 0.25) is 5.02 Å². The summed E-state index contributed by atoms with van der Waals surface area (Å²) in [4.78, 5) is 11.1. The van der Waals surface area contributed by atoms with Gasteiger partial charge >= 0.3 is 0 Å². The summed E-state index contributed by atoms with van der Waals surface area (Å²) in [6, 6.07) is 2.18. The van der Waals surface area contributed by atoms with Gasteiger partial charge in [0.05, 0.1) is 22.0 Å². The number of fused-ring (bicyclic) bond motifs is 2. The lowest BCUT2D eigenvalue weighted by molar-refractivity contribution is 0.274. The number of benzene rings is 1. The smallest absolute Gasteiger partial charge is 0.152 e. The fourth-order valence-electron chi connectivity index (χ4n) is 2.84. The van der Waals surface area contributed by atoms with E-state index in [-0.39, 0.29) is 6.04 Å². The number of nitrogens with one attached hydrogen (secondary N) is 1. The van der Waals surface area contributed by atoms with Crippen LogP contribution in [0.4, 0.5) is 5.82 Å². The lowest BCUT2D eigenvalue weighted by atomic mass is 10.1. The number of piperazine rings is 1. The molecule has 2 aliphatic rings. The molecule has 1 saturated heterocycles. The SMILES string of the molecule is Clc1c(Br)cc2ncnc3c2c1OC[C@@H]1CNCCN31. The van der Waals surface area contributed by atoms with Crippen molar-refractivity contribution in [3.05, 3.63) is 21.9 Å². The zero-order chi connectivity index (χ0) is 13.7. The van der Waals surface area contributed by atoms with Crippen LogP contribution in [0.15, 0.2) is 16.9 Å². The zero-order valence-corrected chi connectivity index (χ0v) is 12.9. The van der Waals surface area contributed by atoms with Crippen molar-refractivity contribution < 1.29 is 4.74 Å². The summed E-state index contributed by atoms with van der Waals surface area (Å²) >= 11 is 9.85. The predicted molar refractivity (Wildman–Crippen MR) is 81.7 cm³/mol. The van der Waals surface area contributed by atoms with Crippen LogP contribution >= 0.6 is 27.5 Å². The Hall–Kier alpha value is -1.11. The number of hydrogen-bond acceptors (Lipinski definition) is 5. The molecule has 104 valence electrons. The van der Waals surface area contributed by atoms with Gasteiger partial charge in [-0.05, 0) is 22.0 Å². The van der Waals surface area contributed by atoms with Crippen LogP contribution in [0.3, 0.4) is 0 Å². The van der Waals surface area contributed by atoms with Crippen molar-refractivity contribution in [1.82, 2.24) is 15.3 Å². The Bertz CT molecular complexity index is 696. The molecule has 0 spiro atoms. The van der Waals surface area contributed by atoms with Crippen molar-refractivity contribution >= 4 is 44.3 Å². The Kier molecular flexibility index (Phi) is 2.98. The molecule has 1 aromatic heterocycles. The van der Waals surface area contributed by atoms with Crippen molar-refractivity contribution in [3.63, 3.8) is 0 Å². The summed E-state index contributed by atoms with van der Waals surface area (Å²) in [6.45, 7) is 3.34. The molecule has 2 aliphatic heterocycles. The van der Waals surface area contributed by atoms with Gasteiger partial charge in [0, 0.05) is 24.1 Å². The van der Waals surface area contributed by atoms with Crippen molar-refractivity contribution in [1.29, 1.82) is 0 Å². The molecule has 0 radical (unpaired) electrons. The van der Waals surface area contributed by atoms with E-state index >= 15 is 0 Å². The molecule has 2 aromatic rings. The molecule has 0 aliphatic carbocycles. The average Bonchev–Trinajstić information content (AvgIpc) is 2.64. The summed E-state index contributed by atoms with van der Waals surface area (Å²) in [7, 11) is 0. The maximum absolute atomic E-state index is 6.39. The van der Waals surface area contributed by atoms with Gasteiger partial charge < -0.3 is 15.0 Å². The highest BCUT2D eigenvalue weighted by Gasteiger charge is 2.31. The molecule has 0 saturated carbocycles. The van der Waals surface area contributed by atoms with Crippen molar-refractivity contribution in [2.24, 2.45) is 0 Å². The van der Waals surface area contributed by atoms with Gasteiger partial charge in [-0.1, -0.05) is 11.6 Å². The van der Waals surface area contributed by atoms with E-state index in [0.29, 0.717) is 17.4 Å². The number of halogens is 2. The van der Waals surface area contributed by atoms with E-state index in [2.05, 4.69) is 36.1 Å². The van der Waals surface area contributed by atoms with Gasteiger partial charge in [0.25, 0.3) is 0 Å². The van der Waals surface area contributed by atoms with E-state index in [0.717, 1.165) is 40.8 Å². The summed E-state index contributed by atoms with van der Waals surface area (Å²) in [5, 5.41) is 4.88. The Morgan fingerprint density at radius 1 is 1.45 bits per heavy atom. The maximum atomic E-state index is 6.39. The van der Waals surface area contributed by atoms with Gasteiger partial charge in [-0.3, -0.25) is 0 Å². The Morgan fingerprint density at radius 3 is 3.25 bits per heavy atom. The average molecular weight is 356 g/mol. The summed E-state index contributed by atoms with van der Waals surface area (Å²) in [5.41, 5.74) is 0.848. The first kappa shape index (κ1) is 12.6. The molecule has 1 atom stereocenters. The second-order valence-electron chi connectivity index (χ2n) is 4.96. The lowest BCUT2D eigenvalue weighted by Gasteiger charge is -2.35. The van der Waals surface area contributed by atoms with Crippen LogP contribution in [0.1, 0.15) is 0 Å². The van der Waals surface area contributed by atoms with Crippen LogP contribution in [-0.2, 0) is 0 Å². The van der Waals surface area contributed by atoms with Crippen LogP contribution in [0.5, 0.6) is 5.75 Å². The standard InChI is InChI=1S/C13H12BrClN4O/c14-8-3-9-10-12(11(8)15)20-5-7-4-16-1-2-19(7)13(10)18-6-17-9/h3,6-7,16H,1-2,4-5H2/t7-/m0/s1. The van der Waals surface area contributed by atoms with Gasteiger partial charge in [-0.2, -0.15) is 0 Å². The zero-order valence-electron chi connectivity index (χ0n) is 10.6. The number of hydrogen-bond donors (Lipinski definition) is 1. The minimum absolute atomic E-state index is 0.268. The molecular formula is C13H12BrClN4O. The second-order valence-corrected chi connectivity index (χ2v) is 6.19. The molecule has 20 heavy (non-hydrogen) atoms. The van der Waals surface area contributed by atoms with Gasteiger partial charge in [-0.15, -0.1) is 0 Å². The Labute approximate surface area is 129 Å². The molecule has 7 heteroatoms. The van der Waals surface area contributed by atoms with E-state index in [9.17, 15) is 0 Å². The lowest BCUT2D eigenvalue weighted by Crippen LogP contribution is -2.53. The molecule has 1 aromatic carbocycles. The van der Waals surface area contributed by atoms with Gasteiger partial charge in [0.15, 0.2) is 5.75 Å². The van der Waals surface area contributed by atoms with Crippen molar-refractivity contribution in [3.8, 4) is 5.75 Å². The molecular weight excluding hydrogens is 344 g/mol. The number of ether oxygens (including phenoxy) is 1. The Morgan fingerprint density at radius 2 is 2.35 bits per heavy atom. The molecule has 0 bridgehead atoms. The summed E-state index contributed by atoms with van der Waals surface area (Å²) in [6.07, 6.45) is 1.60. The van der Waals surface area contributed by atoms with Gasteiger partial charge in [-0.25, -0.2) is 9.97 Å². The molecule has 5 nitrogen and oxygen atoms in total. The largest absolute Gasteiger partial charge is 0.489 e.